The van der Waals surface area contributed by atoms with Gasteiger partial charge in [-0.2, -0.15) is 0 Å². The smallest absolute Gasteiger partial charge is 0.306 e. The molecule has 0 radical (unpaired) electrons. The Morgan fingerprint density at radius 2 is 1.82 bits per heavy atom. The van der Waals surface area contributed by atoms with E-state index in [9.17, 15) is 9.59 Å². The summed E-state index contributed by atoms with van der Waals surface area (Å²) in [5.41, 5.74) is 2.55. The second-order valence-electron chi connectivity index (χ2n) is 7.06. The van der Waals surface area contributed by atoms with Crippen LogP contribution in [-0.4, -0.2) is 42.0 Å². The topological polar surface area (TPSA) is 60.9 Å². The highest BCUT2D eigenvalue weighted by Crippen LogP contribution is 2.26. The normalized spacial score (nSPS) is 14.8. The highest BCUT2D eigenvalue weighted by molar-refractivity contribution is 6.42. The maximum Gasteiger partial charge on any atom is 0.306 e. The van der Waals surface area contributed by atoms with Crippen LogP contribution in [0.25, 0.3) is 0 Å². The second-order valence-corrected chi connectivity index (χ2v) is 7.87. The number of piperidine rings is 1. The van der Waals surface area contributed by atoms with Crippen LogP contribution in [0.15, 0.2) is 42.5 Å². The van der Waals surface area contributed by atoms with Crippen LogP contribution in [-0.2, 0) is 11.3 Å². The third kappa shape index (κ3) is 4.78. The first-order valence-electron chi connectivity index (χ1n) is 9.12. The molecule has 0 aromatic heterocycles. The summed E-state index contributed by atoms with van der Waals surface area (Å²) < 4.78 is 0. The SMILES string of the molecule is CN(Cc1cccc(N2CCC(C(=O)O)CC2)c1)C(=O)c1ccc(Cl)c(Cl)c1. The number of carboxylic acids is 1. The van der Waals surface area contributed by atoms with E-state index in [0.717, 1.165) is 24.3 Å². The number of aliphatic carboxylic acids is 1. The molecule has 5 nitrogen and oxygen atoms in total. The van der Waals surface area contributed by atoms with Crippen LogP contribution < -0.4 is 4.90 Å². The van der Waals surface area contributed by atoms with E-state index in [1.54, 1.807) is 30.1 Å². The van der Waals surface area contributed by atoms with Crippen molar-refractivity contribution < 1.29 is 14.7 Å². The average molecular weight is 421 g/mol. The first-order chi connectivity index (χ1) is 13.3. The Morgan fingerprint density at radius 1 is 1.11 bits per heavy atom. The monoisotopic (exact) mass is 420 g/mol. The average Bonchev–Trinajstić information content (AvgIpc) is 2.69. The van der Waals surface area contributed by atoms with Gasteiger partial charge in [0.1, 0.15) is 0 Å². The molecule has 7 heteroatoms. The molecule has 148 valence electrons. The van der Waals surface area contributed by atoms with Crippen molar-refractivity contribution in [3.63, 3.8) is 0 Å². The van der Waals surface area contributed by atoms with Crippen LogP contribution in [0.3, 0.4) is 0 Å². The van der Waals surface area contributed by atoms with E-state index in [4.69, 9.17) is 28.3 Å². The lowest BCUT2D eigenvalue weighted by Gasteiger charge is -2.32. The highest BCUT2D eigenvalue weighted by atomic mass is 35.5. The molecule has 0 aliphatic carbocycles. The maximum atomic E-state index is 12.7. The van der Waals surface area contributed by atoms with Crippen LogP contribution in [0.5, 0.6) is 0 Å². The predicted octanol–water partition coefficient (Wildman–Crippen LogP) is 4.57. The van der Waals surface area contributed by atoms with Crippen LogP contribution >= 0.6 is 23.2 Å². The molecule has 28 heavy (non-hydrogen) atoms. The van der Waals surface area contributed by atoms with Crippen molar-refractivity contribution in [2.24, 2.45) is 5.92 Å². The summed E-state index contributed by atoms with van der Waals surface area (Å²) in [4.78, 5) is 27.6. The van der Waals surface area contributed by atoms with Gasteiger partial charge >= 0.3 is 5.97 Å². The van der Waals surface area contributed by atoms with Gasteiger partial charge < -0.3 is 14.9 Å². The van der Waals surface area contributed by atoms with Gasteiger partial charge in [-0.05, 0) is 48.7 Å². The molecule has 0 bridgehead atoms. The summed E-state index contributed by atoms with van der Waals surface area (Å²) in [6.07, 6.45) is 1.30. The number of hydrogen-bond donors (Lipinski definition) is 1. The number of halogens is 2. The molecule has 0 unspecified atom stereocenters. The quantitative estimate of drug-likeness (QED) is 0.769. The van der Waals surface area contributed by atoms with Gasteiger partial charge in [0.25, 0.3) is 5.91 Å². The van der Waals surface area contributed by atoms with Gasteiger partial charge in [0, 0.05) is 37.9 Å². The number of hydrogen-bond acceptors (Lipinski definition) is 3. The van der Waals surface area contributed by atoms with E-state index in [1.165, 1.54) is 0 Å². The summed E-state index contributed by atoms with van der Waals surface area (Å²) >= 11 is 11.9. The third-order valence-electron chi connectivity index (χ3n) is 5.05. The minimum absolute atomic E-state index is 0.133. The summed E-state index contributed by atoms with van der Waals surface area (Å²) in [6.45, 7) is 1.90. The number of nitrogens with zero attached hydrogens (tertiary/aromatic N) is 2. The summed E-state index contributed by atoms with van der Waals surface area (Å²) in [5.74, 6) is -1.10. The maximum absolute atomic E-state index is 12.7. The van der Waals surface area contributed by atoms with Crippen molar-refractivity contribution >= 4 is 40.8 Å². The fraction of sp³-hybridized carbons (Fsp3) is 0.333. The van der Waals surface area contributed by atoms with E-state index >= 15 is 0 Å². The minimum atomic E-state index is -0.712. The summed E-state index contributed by atoms with van der Waals surface area (Å²) in [5, 5.41) is 9.92. The second kappa shape index (κ2) is 8.84. The molecule has 3 rings (SSSR count). The number of benzene rings is 2. The fourth-order valence-corrected chi connectivity index (χ4v) is 3.73. The lowest BCUT2D eigenvalue weighted by atomic mass is 9.96. The zero-order valence-electron chi connectivity index (χ0n) is 15.6. The Balaban J connectivity index is 1.66. The van der Waals surface area contributed by atoms with Crippen LogP contribution in [0.4, 0.5) is 5.69 Å². The van der Waals surface area contributed by atoms with Gasteiger partial charge in [-0.3, -0.25) is 9.59 Å². The lowest BCUT2D eigenvalue weighted by molar-refractivity contribution is -0.142. The van der Waals surface area contributed by atoms with E-state index < -0.39 is 5.97 Å². The Bertz CT molecular complexity index is 880. The first kappa shape index (κ1) is 20.5. The van der Waals surface area contributed by atoms with Crippen molar-refractivity contribution in [2.45, 2.75) is 19.4 Å². The molecule has 0 atom stereocenters. The standard InChI is InChI=1S/C21H22Cl2N2O3/c1-24(20(26)16-5-6-18(22)19(23)12-16)13-14-3-2-4-17(11-14)25-9-7-15(8-10-25)21(27)28/h2-6,11-12,15H,7-10,13H2,1H3,(H,27,28). The van der Waals surface area contributed by atoms with E-state index in [-0.39, 0.29) is 11.8 Å². The van der Waals surface area contributed by atoms with Gasteiger partial charge in [0.2, 0.25) is 0 Å². The summed E-state index contributed by atoms with van der Waals surface area (Å²) in [7, 11) is 1.75. The van der Waals surface area contributed by atoms with Crippen LogP contribution in [0.2, 0.25) is 10.0 Å². The van der Waals surface area contributed by atoms with Gasteiger partial charge in [-0.1, -0.05) is 35.3 Å². The number of carbonyl (C=O) groups is 2. The Hall–Kier alpha value is -2.24. The molecule has 1 aliphatic rings. The molecule has 0 saturated carbocycles. The number of rotatable bonds is 5. The van der Waals surface area contributed by atoms with Gasteiger partial charge in [0.05, 0.1) is 16.0 Å². The lowest BCUT2D eigenvalue weighted by Crippen LogP contribution is -2.36. The zero-order valence-corrected chi connectivity index (χ0v) is 17.1. The molecule has 1 heterocycles. The number of carboxylic acid groups (broad SMARTS) is 1. The molecule has 1 saturated heterocycles. The van der Waals surface area contributed by atoms with E-state index in [0.29, 0.717) is 35.0 Å². The molecule has 0 spiro atoms. The van der Waals surface area contributed by atoms with Gasteiger partial charge in [-0.25, -0.2) is 0 Å². The van der Waals surface area contributed by atoms with Crippen LogP contribution in [0.1, 0.15) is 28.8 Å². The van der Waals surface area contributed by atoms with Crippen molar-refractivity contribution in [1.29, 1.82) is 0 Å². The van der Waals surface area contributed by atoms with Crippen LogP contribution in [0, 0.1) is 5.92 Å². The fourth-order valence-electron chi connectivity index (χ4n) is 3.43. The first-order valence-corrected chi connectivity index (χ1v) is 9.88. The number of amides is 1. The third-order valence-corrected chi connectivity index (χ3v) is 5.79. The molecule has 1 fully saturated rings. The summed E-state index contributed by atoms with van der Waals surface area (Å²) in [6, 6.07) is 12.9. The van der Waals surface area contributed by atoms with Crippen molar-refractivity contribution in [1.82, 2.24) is 4.90 Å². The Kier molecular flexibility index (Phi) is 6.47. The molecule has 2 aromatic carbocycles. The molecular weight excluding hydrogens is 399 g/mol. The molecule has 1 amide bonds. The predicted molar refractivity (Wildman–Crippen MR) is 111 cm³/mol. The van der Waals surface area contributed by atoms with E-state index in [2.05, 4.69) is 11.0 Å². The zero-order chi connectivity index (χ0) is 20.3. The van der Waals surface area contributed by atoms with Gasteiger partial charge in [-0.15, -0.1) is 0 Å². The molecule has 2 aromatic rings. The van der Waals surface area contributed by atoms with E-state index in [1.807, 2.05) is 18.2 Å². The Morgan fingerprint density at radius 3 is 2.46 bits per heavy atom. The number of carbonyl (C=O) groups excluding carboxylic acids is 1. The number of anilines is 1. The molecular formula is C21H22Cl2N2O3. The molecule has 1 N–H and O–H groups in total. The molecule has 1 aliphatic heterocycles. The van der Waals surface area contributed by atoms with Crippen molar-refractivity contribution in [3.05, 3.63) is 63.6 Å². The largest absolute Gasteiger partial charge is 0.481 e. The van der Waals surface area contributed by atoms with Gasteiger partial charge in [0.15, 0.2) is 0 Å². The Labute approximate surface area is 174 Å². The van der Waals surface area contributed by atoms with Crippen molar-refractivity contribution in [2.75, 3.05) is 25.0 Å². The minimum Gasteiger partial charge on any atom is -0.481 e. The highest BCUT2D eigenvalue weighted by Gasteiger charge is 2.24. The van der Waals surface area contributed by atoms with Crippen molar-refractivity contribution in [3.8, 4) is 0 Å².